The standard InChI is InChI=1S/C16H18N4OS/c1-11(2)12-4-6-13(7-5-12)15-18-14(21-19-15)10-22-16-17-8-9-20(16)3/h4-9,11H,10H2,1-3H3. The molecule has 3 rings (SSSR count). The molecule has 0 aliphatic heterocycles. The van der Waals surface area contributed by atoms with Gasteiger partial charge in [0.1, 0.15) is 0 Å². The van der Waals surface area contributed by atoms with Crippen LogP contribution < -0.4 is 0 Å². The van der Waals surface area contributed by atoms with E-state index in [2.05, 4.69) is 41.1 Å². The van der Waals surface area contributed by atoms with Crippen LogP contribution in [0.25, 0.3) is 11.4 Å². The molecule has 1 aromatic carbocycles. The zero-order valence-electron chi connectivity index (χ0n) is 12.9. The maximum Gasteiger partial charge on any atom is 0.237 e. The third-order valence-electron chi connectivity index (χ3n) is 3.41. The van der Waals surface area contributed by atoms with Gasteiger partial charge in [-0.15, -0.1) is 0 Å². The highest BCUT2D eigenvalue weighted by molar-refractivity contribution is 7.98. The lowest BCUT2D eigenvalue weighted by molar-refractivity contribution is 0.391. The number of benzene rings is 1. The fourth-order valence-electron chi connectivity index (χ4n) is 2.07. The Balaban J connectivity index is 1.69. The fourth-order valence-corrected chi connectivity index (χ4v) is 2.83. The second kappa shape index (κ2) is 6.36. The van der Waals surface area contributed by atoms with Crippen LogP contribution in [0.2, 0.25) is 0 Å². The van der Waals surface area contributed by atoms with E-state index in [0.29, 0.717) is 23.4 Å². The van der Waals surface area contributed by atoms with Gasteiger partial charge in [0.05, 0.1) is 5.75 Å². The van der Waals surface area contributed by atoms with Crippen molar-refractivity contribution in [2.75, 3.05) is 0 Å². The first-order valence-corrected chi connectivity index (χ1v) is 8.15. The number of hydrogen-bond acceptors (Lipinski definition) is 5. The molecule has 0 spiro atoms. The van der Waals surface area contributed by atoms with E-state index in [-0.39, 0.29) is 0 Å². The first-order chi connectivity index (χ1) is 10.6. The van der Waals surface area contributed by atoms with Crippen molar-refractivity contribution in [3.8, 4) is 11.4 Å². The molecule has 0 saturated carbocycles. The smallest absolute Gasteiger partial charge is 0.237 e. The summed E-state index contributed by atoms with van der Waals surface area (Å²) < 4.78 is 7.28. The van der Waals surface area contributed by atoms with E-state index in [0.717, 1.165) is 10.7 Å². The molecule has 0 amide bonds. The molecular formula is C16H18N4OS. The third-order valence-corrected chi connectivity index (χ3v) is 4.45. The molecule has 0 fully saturated rings. The number of aryl methyl sites for hydroxylation is 1. The summed E-state index contributed by atoms with van der Waals surface area (Å²) in [6, 6.07) is 8.29. The van der Waals surface area contributed by atoms with Crippen LogP contribution in [0.3, 0.4) is 0 Å². The van der Waals surface area contributed by atoms with Crippen LogP contribution >= 0.6 is 11.8 Å². The minimum Gasteiger partial charge on any atom is -0.338 e. The van der Waals surface area contributed by atoms with Crippen molar-refractivity contribution < 1.29 is 4.52 Å². The Kier molecular flexibility index (Phi) is 4.29. The number of thioether (sulfide) groups is 1. The zero-order chi connectivity index (χ0) is 15.5. The van der Waals surface area contributed by atoms with E-state index in [4.69, 9.17) is 4.52 Å². The summed E-state index contributed by atoms with van der Waals surface area (Å²) in [7, 11) is 1.96. The van der Waals surface area contributed by atoms with Gasteiger partial charge in [-0.2, -0.15) is 4.98 Å². The Bertz CT molecular complexity index is 746. The van der Waals surface area contributed by atoms with Gasteiger partial charge < -0.3 is 9.09 Å². The zero-order valence-corrected chi connectivity index (χ0v) is 13.7. The average Bonchev–Trinajstić information content (AvgIpc) is 3.14. The Hall–Kier alpha value is -2.08. The summed E-state index contributed by atoms with van der Waals surface area (Å²) in [6.45, 7) is 4.35. The van der Waals surface area contributed by atoms with Gasteiger partial charge in [-0.25, -0.2) is 4.98 Å². The molecule has 6 heteroatoms. The normalized spacial score (nSPS) is 11.3. The molecule has 3 aromatic rings. The van der Waals surface area contributed by atoms with Gasteiger partial charge in [0.15, 0.2) is 5.16 Å². The highest BCUT2D eigenvalue weighted by atomic mass is 32.2. The van der Waals surface area contributed by atoms with Crippen molar-refractivity contribution in [1.29, 1.82) is 0 Å². The monoisotopic (exact) mass is 314 g/mol. The number of imidazole rings is 1. The highest BCUT2D eigenvalue weighted by Gasteiger charge is 2.10. The van der Waals surface area contributed by atoms with Crippen LogP contribution in [-0.2, 0) is 12.8 Å². The van der Waals surface area contributed by atoms with Crippen molar-refractivity contribution >= 4 is 11.8 Å². The minimum atomic E-state index is 0.518. The van der Waals surface area contributed by atoms with Crippen LogP contribution in [0.1, 0.15) is 31.2 Å². The van der Waals surface area contributed by atoms with Gasteiger partial charge in [-0.3, -0.25) is 0 Å². The fraction of sp³-hybridized carbons (Fsp3) is 0.312. The topological polar surface area (TPSA) is 56.7 Å². The molecule has 0 aliphatic rings. The van der Waals surface area contributed by atoms with Gasteiger partial charge >= 0.3 is 0 Å². The number of nitrogens with zero attached hydrogens (tertiary/aromatic N) is 4. The molecule has 0 saturated heterocycles. The molecule has 0 atom stereocenters. The lowest BCUT2D eigenvalue weighted by Gasteiger charge is -2.04. The minimum absolute atomic E-state index is 0.518. The van der Waals surface area contributed by atoms with Crippen LogP contribution in [0.4, 0.5) is 0 Å². The van der Waals surface area contributed by atoms with Crippen molar-refractivity contribution in [2.45, 2.75) is 30.7 Å². The molecule has 0 aliphatic carbocycles. The van der Waals surface area contributed by atoms with Crippen molar-refractivity contribution in [3.63, 3.8) is 0 Å². The molecule has 5 nitrogen and oxygen atoms in total. The van der Waals surface area contributed by atoms with E-state index in [9.17, 15) is 0 Å². The maximum atomic E-state index is 5.32. The Morgan fingerprint density at radius 3 is 2.64 bits per heavy atom. The molecule has 2 heterocycles. The summed E-state index contributed by atoms with van der Waals surface area (Å²) >= 11 is 1.58. The van der Waals surface area contributed by atoms with E-state index in [1.54, 1.807) is 18.0 Å². The molecule has 22 heavy (non-hydrogen) atoms. The summed E-state index contributed by atoms with van der Waals surface area (Å²) in [5.74, 6) is 2.37. The SMILES string of the molecule is CC(C)c1ccc(-c2noc(CSc3nccn3C)n2)cc1. The van der Waals surface area contributed by atoms with Crippen molar-refractivity contribution in [1.82, 2.24) is 19.7 Å². The molecular weight excluding hydrogens is 296 g/mol. The maximum absolute atomic E-state index is 5.32. The Morgan fingerprint density at radius 1 is 1.23 bits per heavy atom. The van der Waals surface area contributed by atoms with Crippen LogP contribution in [-0.4, -0.2) is 19.7 Å². The Morgan fingerprint density at radius 2 is 2.00 bits per heavy atom. The Labute approximate surface area is 133 Å². The first kappa shape index (κ1) is 14.8. The van der Waals surface area contributed by atoms with Gasteiger partial charge in [0.2, 0.25) is 11.7 Å². The average molecular weight is 314 g/mol. The van der Waals surface area contributed by atoms with Crippen LogP contribution in [0, 0.1) is 0 Å². The molecule has 2 aromatic heterocycles. The lowest BCUT2D eigenvalue weighted by atomic mass is 10.0. The summed E-state index contributed by atoms with van der Waals surface area (Å²) in [5.41, 5.74) is 2.28. The second-order valence-electron chi connectivity index (χ2n) is 5.40. The molecule has 0 N–H and O–H groups in total. The highest BCUT2D eigenvalue weighted by Crippen LogP contribution is 2.23. The summed E-state index contributed by atoms with van der Waals surface area (Å²) in [6.07, 6.45) is 3.69. The quantitative estimate of drug-likeness (QED) is 0.669. The van der Waals surface area contributed by atoms with Crippen LogP contribution in [0.15, 0.2) is 46.3 Å². The van der Waals surface area contributed by atoms with Gasteiger partial charge in [-0.1, -0.05) is 55.0 Å². The molecule has 0 bridgehead atoms. The van der Waals surface area contributed by atoms with Gasteiger partial charge in [0.25, 0.3) is 0 Å². The van der Waals surface area contributed by atoms with E-state index < -0.39 is 0 Å². The van der Waals surface area contributed by atoms with Crippen molar-refractivity contribution in [3.05, 3.63) is 48.1 Å². The van der Waals surface area contributed by atoms with Crippen molar-refractivity contribution in [2.24, 2.45) is 7.05 Å². The second-order valence-corrected chi connectivity index (χ2v) is 6.34. The predicted molar refractivity (Wildman–Crippen MR) is 86.6 cm³/mol. The summed E-state index contributed by atoms with van der Waals surface area (Å²) in [4.78, 5) is 8.71. The predicted octanol–water partition coefficient (Wildman–Crippen LogP) is 3.89. The first-order valence-electron chi connectivity index (χ1n) is 7.16. The third kappa shape index (κ3) is 3.22. The molecule has 0 radical (unpaired) electrons. The summed E-state index contributed by atoms with van der Waals surface area (Å²) in [5, 5.41) is 4.99. The van der Waals surface area contributed by atoms with E-state index in [1.165, 1.54) is 5.56 Å². The molecule has 0 unspecified atom stereocenters. The van der Waals surface area contributed by atoms with E-state index >= 15 is 0 Å². The van der Waals surface area contributed by atoms with Gasteiger partial charge in [-0.05, 0) is 11.5 Å². The molecule has 114 valence electrons. The number of aromatic nitrogens is 4. The van der Waals surface area contributed by atoms with Gasteiger partial charge in [0, 0.05) is 25.0 Å². The van der Waals surface area contributed by atoms with E-state index in [1.807, 2.05) is 29.9 Å². The van der Waals surface area contributed by atoms with Crippen LogP contribution in [0.5, 0.6) is 0 Å². The largest absolute Gasteiger partial charge is 0.338 e. The number of hydrogen-bond donors (Lipinski definition) is 0. The lowest BCUT2D eigenvalue weighted by Crippen LogP contribution is -1.90. The number of rotatable bonds is 5.